The number of amides is 2. The lowest BCUT2D eigenvalue weighted by Gasteiger charge is -2.04. The molecule has 0 saturated carbocycles. The van der Waals surface area contributed by atoms with Gasteiger partial charge in [0.15, 0.2) is 0 Å². The van der Waals surface area contributed by atoms with Gasteiger partial charge in [-0.25, -0.2) is 0 Å². The van der Waals surface area contributed by atoms with Gasteiger partial charge in [0, 0.05) is 30.5 Å². The Bertz CT molecular complexity index is 537. The summed E-state index contributed by atoms with van der Waals surface area (Å²) in [5.74, 6) is -0.719. The summed E-state index contributed by atoms with van der Waals surface area (Å²) in [6, 6.07) is 5.77. The first-order chi connectivity index (χ1) is 8.58. The van der Waals surface area contributed by atoms with E-state index in [9.17, 15) is 19.7 Å². The van der Waals surface area contributed by atoms with Crippen LogP contribution in [0.2, 0.25) is 0 Å². The van der Waals surface area contributed by atoms with Crippen LogP contribution in [-0.4, -0.2) is 28.0 Å². The minimum Gasteiger partial charge on any atom is -0.272 e. The number of hydrazone groups is 1. The van der Waals surface area contributed by atoms with Crippen LogP contribution >= 0.6 is 0 Å². The van der Waals surface area contributed by atoms with Crippen LogP contribution < -0.4 is 0 Å². The molecule has 0 aromatic heterocycles. The van der Waals surface area contributed by atoms with Crippen molar-refractivity contribution in [1.29, 1.82) is 0 Å². The Hall–Kier alpha value is -2.57. The third-order valence-electron chi connectivity index (χ3n) is 2.43. The van der Waals surface area contributed by atoms with E-state index in [1.54, 1.807) is 6.07 Å². The van der Waals surface area contributed by atoms with Crippen molar-refractivity contribution >= 4 is 23.7 Å². The largest absolute Gasteiger partial charge is 0.272 e. The SMILES string of the molecule is O=C1CCC(=O)N1/N=C\c1cccc([N+](=O)[O-])c1. The fraction of sp³-hybridized carbons (Fsp3) is 0.182. The number of nitrogens with zero attached hydrogens (tertiary/aromatic N) is 3. The Morgan fingerprint density at radius 2 is 1.94 bits per heavy atom. The Kier molecular flexibility index (Phi) is 3.13. The fourth-order valence-electron chi connectivity index (χ4n) is 1.54. The van der Waals surface area contributed by atoms with E-state index in [2.05, 4.69) is 5.10 Å². The van der Waals surface area contributed by atoms with Crippen molar-refractivity contribution in [3.63, 3.8) is 0 Å². The molecule has 7 nitrogen and oxygen atoms in total. The Labute approximate surface area is 102 Å². The molecule has 92 valence electrons. The number of imide groups is 1. The molecule has 0 unspecified atom stereocenters. The lowest BCUT2D eigenvalue weighted by Crippen LogP contribution is -2.23. The predicted octanol–water partition coefficient (Wildman–Crippen LogP) is 1.08. The molecule has 2 amide bonds. The van der Waals surface area contributed by atoms with E-state index in [4.69, 9.17) is 0 Å². The zero-order valence-corrected chi connectivity index (χ0v) is 9.28. The predicted molar refractivity (Wildman–Crippen MR) is 61.8 cm³/mol. The molecule has 0 spiro atoms. The van der Waals surface area contributed by atoms with Crippen LogP contribution in [0, 0.1) is 10.1 Å². The smallest absolute Gasteiger partial charge is 0.270 e. The van der Waals surface area contributed by atoms with Crippen molar-refractivity contribution < 1.29 is 14.5 Å². The summed E-state index contributed by atoms with van der Waals surface area (Å²) in [5, 5.41) is 15.1. The molecular formula is C11H9N3O4. The molecule has 0 atom stereocenters. The van der Waals surface area contributed by atoms with E-state index in [1.165, 1.54) is 24.4 Å². The summed E-state index contributed by atoms with van der Waals surface area (Å²) >= 11 is 0. The minimum atomic E-state index is -0.524. The summed E-state index contributed by atoms with van der Waals surface area (Å²) in [6.45, 7) is 0. The molecule has 2 rings (SSSR count). The van der Waals surface area contributed by atoms with Crippen LogP contribution in [0.4, 0.5) is 5.69 Å². The van der Waals surface area contributed by atoms with Gasteiger partial charge >= 0.3 is 0 Å². The van der Waals surface area contributed by atoms with E-state index in [0.717, 1.165) is 5.01 Å². The van der Waals surface area contributed by atoms with E-state index < -0.39 is 4.92 Å². The first-order valence-electron chi connectivity index (χ1n) is 5.22. The molecule has 1 heterocycles. The monoisotopic (exact) mass is 247 g/mol. The van der Waals surface area contributed by atoms with Crippen LogP contribution in [0.15, 0.2) is 29.4 Å². The van der Waals surface area contributed by atoms with E-state index in [0.29, 0.717) is 5.56 Å². The molecule has 0 bridgehead atoms. The van der Waals surface area contributed by atoms with Crippen molar-refractivity contribution in [2.75, 3.05) is 0 Å². The number of benzene rings is 1. The third-order valence-corrected chi connectivity index (χ3v) is 2.43. The molecule has 1 saturated heterocycles. The maximum absolute atomic E-state index is 11.3. The second kappa shape index (κ2) is 4.74. The van der Waals surface area contributed by atoms with Gasteiger partial charge in [-0.3, -0.25) is 19.7 Å². The van der Waals surface area contributed by atoms with Crippen LogP contribution in [0.3, 0.4) is 0 Å². The van der Waals surface area contributed by atoms with Crippen molar-refractivity contribution in [3.8, 4) is 0 Å². The van der Waals surface area contributed by atoms with Gasteiger partial charge in [-0.15, -0.1) is 0 Å². The second-order valence-corrected chi connectivity index (χ2v) is 3.70. The Balaban J connectivity index is 2.18. The topological polar surface area (TPSA) is 92.9 Å². The van der Waals surface area contributed by atoms with Crippen molar-refractivity contribution in [3.05, 3.63) is 39.9 Å². The normalized spacial score (nSPS) is 15.7. The Morgan fingerprint density at radius 3 is 2.56 bits per heavy atom. The van der Waals surface area contributed by atoms with Crippen LogP contribution in [0.1, 0.15) is 18.4 Å². The highest BCUT2D eigenvalue weighted by Gasteiger charge is 2.28. The molecular weight excluding hydrogens is 238 g/mol. The molecule has 1 fully saturated rings. The quantitative estimate of drug-likeness (QED) is 0.345. The lowest BCUT2D eigenvalue weighted by atomic mass is 10.2. The average molecular weight is 247 g/mol. The summed E-state index contributed by atoms with van der Waals surface area (Å²) in [6.07, 6.45) is 1.57. The van der Waals surface area contributed by atoms with Gasteiger partial charge in [-0.1, -0.05) is 12.1 Å². The van der Waals surface area contributed by atoms with Crippen LogP contribution in [-0.2, 0) is 9.59 Å². The highest BCUT2D eigenvalue weighted by atomic mass is 16.6. The van der Waals surface area contributed by atoms with Gasteiger partial charge in [0.25, 0.3) is 5.69 Å². The van der Waals surface area contributed by atoms with Gasteiger partial charge in [0.1, 0.15) is 0 Å². The number of non-ortho nitro benzene ring substituents is 1. The molecule has 1 aliphatic heterocycles. The number of hydrogen-bond donors (Lipinski definition) is 0. The number of nitro benzene ring substituents is 1. The molecule has 18 heavy (non-hydrogen) atoms. The van der Waals surface area contributed by atoms with Gasteiger partial charge in [0.05, 0.1) is 11.1 Å². The summed E-state index contributed by atoms with van der Waals surface area (Å²) in [4.78, 5) is 32.6. The lowest BCUT2D eigenvalue weighted by molar-refractivity contribution is -0.384. The van der Waals surface area contributed by atoms with Gasteiger partial charge in [-0.05, 0) is 0 Å². The first-order valence-corrected chi connectivity index (χ1v) is 5.22. The Morgan fingerprint density at radius 1 is 1.28 bits per heavy atom. The summed E-state index contributed by atoms with van der Waals surface area (Å²) < 4.78 is 0. The summed E-state index contributed by atoms with van der Waals surface area (Å²) in [5.41, 5.74) is 0.384. The van der Waals surface area contributed by atoms with E-state index in [1.807, 2.05) is 0 Å². The van der Waals surface area contributed by atoms with Crippen molar-refractivity contribution in [2.45, 2.75) is 12.8 Å². The molecule has 1 aromatic rings. The second-order valence-electron chi connectivity index (χ2n) is 3.70. The number of carbonyl (C=O) groups excluding carboxylic acids is 2. The molecule has 1 aromatic carbocycles. The summed E-state index contributed by atoms with van der Waals surface area (Å²) in [7, 11) is 0. The average Bonchev–Trinajstić information content (AvgIpc) is 2.67. The number of carbonyl (C=O) groups is 2. The molecule has 0 aliphatic carbocycles. The maximum Gasteiger partial charge on any atom is 0.270 e. The minimum absolute atomic E-state index is 0.0713. The number of nitro groups is 1. The van der Waals surface area contributed by atoms with E-state index in [-0.39, 0.29) is 30.3 Å². The van der Waals surface area contributed by atoms with Crippen molar-refractivity contribution in [1.82, 2.24) is 5.01 Å². The zero-order chi connectivity index (χ0) is 13.1. The van der Waals surface area contributed by atoms with Gasteiger partial charge in [0.2, 0.25) is 11.8 Å². The maximum atomic E-state index is 11.3. The number of hydrogen-bond acceptors (Lipinski definition) is 5. The highest BCUT2D eigenvalue weighted by Crippen LogP contribution is 2.14. The standard InChI is InChI=1S/C11H9N3O4/c15-10-4-5-11(16)13(10)12-7-8-2-1-3-9(6-8)14(17)18/h1-3,6-7H,4-5H2/b12-7-. The zero-order valence-electron chi connectivity index (χ0n) is 9.28. The van der Waals surface area contributed by atoms with Gasteiger partial charge in [-0.2, -0.15) is 10.1 Å². The molecule has 1 aliphatic rings. The fourth-order valence-corrected chi connectivity index (χ4v) is 1.54. The van der Waals surface area contributed by atoms with Crippen LogP contribution in [0.25, 0.3) is 0 Å². The molecule has 0 radical (unpaired) electrons. The van der Waals surface area contributed by atoms with E-state index >= 15 is 0 Å². The molecule has 0 N–H and O–H groups in total. The van der Waals surface area contributed by atoms with Crippen LogP contribution in [0.5, 0.6) is 0 Å². The number of rotatable bonds is 3. The molecule has 7 heteroatoms. The van der Waals surface area contributed by atoms with Crippen molar-refractivity contribution in [2.24, 2.45) is 5.10 Å². The highest BCUT2D eigenvalue weighted by molar-refractivity contribution is 6.02. The first kappa shape index (κ1) is 11.9. The third kappa shape index (κ3) is 2.40. The van der Waals surface area contributed by atoms with Gasteiger partial charge < -0.3 is 0 Å².